The van der Waals surface area contributed by atoms with E-state index in [2.05, 4.69) is 19.2 Å². The quantitative estimate of drug-likeness (QED) is 0.809. The van der Waals surface area contributed by atoms with Crippen molar-refractivity contribution in [3.8, 4) is 5.75 Å². The minimum Gasteiger partial charge on any atom is -0.497 e. The summed E-state index contributed by atoms with van der Waals surface area (Å²) >= 11 is 0. The highest BCUT2D eigenvalue weighted by molar-refractivity contribution is 5.94. The Bertz CT molecular complexity index is 403. The van der Waals surface area contributed by atoms with E-state index < -0.39 is 0 Å². The molecule has 4 nitrogen and oxygen atoms in total. The molecule has 1 amide bonds. The molecule has 3 N–H and O–H groups in total. The molecular formula is C14H22N2O2. The van der Waals surface area contributed by atoms with Crippen LogP contribution in [0.1, 0.15) is 30.6 Å². The minimum atomic E-state index is -0.0843. The van der Waals surface area contributed by atoms with Crippen LogP contribution >= 0.6 is 0 Å². The van der Waals surface area contributed by atoms with Crippen molar-refractivity contribution >= 4 is 5.91 Å². The van der Waals surface area contributed by atoms with Crippen LogP contribution in [0.25, 0.3) is 0 Å². The van der Waals surface area contributed by atoms with Crippen molar-refractivity contribution in [1.82, 2.24) is 5.32 Å². The van der Waals surface area contributed by atoms with E-state index >= 15 is 0 Å². The molecule has 0 radical (unpaired) electrons. The Balaban J connectivity index is 2.60. The molecule has 0 aliphatic carbocycles. The van der Waals surface area contributed by atoms with Crippen LogP contribution in [0, 0.1) is 5.41 Å². The van der Waals surface area contributed by atoms with Crippen molar-refractivity contribution in [3.05, 3.63) is 29.8 Å². The fourth-order valence-corrected chi connectivity index (χ4v) is 1.67. The molecule has 1 aromatic rings. The van der Waals surface area contributed by atoms with Gasteiger partial charge in [-0.15, -0.1) is 0 Å². The number of rotatable bonds is 6. The first-order valence-corrected chi connectivity index (χ1v) is 6.11. The molecule has 1 aromatic carbocycles. The number of hydrogen-bond acceptors (Lipinski definition) is 3. The van der Waals surface area contributed by atoms with Gasteiger partial charge in [0.05, 0.1) is 7.11 Å². The summed E-state index contributed by atoms with van der Waals surface area (Å²) in [6, 6.07) is 7.12. The van der Waals surface area contributed by atoms with E-state index in [0.29, 0.717) is 24.4 Å². The Hall–Kier alpha value is -1.55. The van der Waals surface area contributed by atoms with Crippen molar-refractivity contribution in [3.63, 3.8) is 0 Å². The summed E-state index contributed by atoms with van der Waals surface area (Å²) in [6.45, 7) is 5.42. The van der Waals surface area contributed by atoms with Gasteiger partial charge in [0.1, 0.15) is 5.75 Å². The highest BCUT2D eigenvalue weighted by atomic mass is 16.5. The average Bonchev–Trinajstić information content (AvgIpc) is 2.36. The van der Waals surface area contributed by atoms with E-state index in [1.807, 2.05) is 6.07 Å². The zero-order valence-corrected chi connectivity index (χ0v) is 11.3. The molecule has 100 valence electrons. The van der Waals surface area contributed by atoms with Crippen LogP contribution in [0.3, 0.4) is 0 Å². The van der Waals surface area contributed by atoms with Gasteiger partial charge in [-0.3, -0.25) is 4.79 Å². The largest absolute Gasteiger partial charge is 0.497 e. The second-order valence-corrected chi connectivity index (χ2v) is 5.12. The van der Waals surface area contributed by atoms with Crippen molar-refractivity contribution in [2.45, 2.75) is 20.3 Å². The maximum atomic E-state index is 12.0. The van der Waals surface area contributed by atoms with Crippen molar-refractivity contribution in [2.75, 3.05) is 20.2 Å². The number of benzene rings is 1. The van der Waals surface area contributed by atoms with Crippen molar-refractivity contribution in [1.29, 1.82) is 0 Å². The molecule has 1 rings (SSSR count). The van der Waals surface area contributed by atoms with Crippen LogP contribution in [0.4, 0.5) is 0 Å². The van der Waals surface area contributed by atoms with E-state index in [1.165, 1.54) is 0 Å². The molecule has 4 heteroatoms. The van der Waals surface area contributed by atoms with E-state index in [0.717, 1.165) is 6.42 Å². The van der Waals surface area contributed by atoms with Gasteiger partial charge in [0.15, 0.2) is 0 Å². The molecule has 18 heavy (non-hydrogen) atoms. The second kappa shape index (κ2) is 6.40. The lowest BCUT2D eigenvalue weighted by Gasteiger charge is -2.24. The van der Waals surface area contributed by atoms with Gasteiger partial charge >= 0.3 is 0 Å². The first kappa shape index (κ1) is 14.5. The lowest BCUT2D eigenvalue weighted by atomic mass is 9.89. The van der Waals surface area contributed by atoms with Crippen molar-refractivity contribution < 1.29 is 9.53 Å². The lowest BCUT2D eigenvalue weighted by molar-refractivity contribution is 0.0934. The number of nitrogens with one attached hydrogen (secondary N) is 1. The summed E-state index contributed by atoms with van der Waals surface area (Å²) in [4.78, 5) is 12.0. The molecule has 0 fully saturated rings. The van der Waals surface area contributed by atoms with Gasteiger partial charge in [-0.25, -0.2) is 0 Å². The highest BCUT2D eigenvalue weighted by Crippen LogP contribution is 2.18. The Kier molecular flexibility index (Phi) is 5.16. The van der Waals surface area contributed by atoms with Crippen LogP contribution in [-0.4, -0.2) is 26.1 Å². The van der Waals surface area contributed by atoms with Gasteiger partial charge in [-0.1, -0.05) is 19.9 Å². The minimum absolute atomic E-state index is 0.0171. The molecule has 0 aromatic heterocycles. The fourth-order valence-electron chi connectivity index (χ4n) is 1.67. The first-order chi connectivity index (χ1) is 8.48. The third kappa shape index (κ3) is 4.37. The Morgan fingerprint density at radius 3 is 2.78 bits per heavy atom. The number of methoxy groups -OCH3 is 1. The predicted molar refractivity (Wildman–Crippen MR) is 72.8 cm³/mol. The molecule has 0 saturated carbocycles. The van der Waals surface area contributed by atoms with E-state index in [1.54, 1.807) is 25.3 Å². The summed E-state index contributed by atoms with van der Waals surface area (Å²) in [5, 5.41) is 2.93. The molecule has 0 spiro atoms. The predicted octanol–water partition coefficient (Wildman–Crippen LogP) is 1.80. The average molecular weight is 250 g/mol. The van der Waals surface area contributed by atoms with Crippen LogP contribution in [0.5, 0.6) is 5.75 Å². The van der Waals surface area contributed by atoms with Crippen LogP contribution in [-0.2, 0) is 0 Å². The lowest BCUT2D eigenvalue weighted by Crippen LogP contribution is -2.35. The monoisotopic (exact) mass is 250 g/mol. The molecule has 0 heterocycles. The van der Waals surface area contributed by atoms with Crippen LogP contribution in [0.2, 0.25) is 0 Å². The maximum absolute atomic E-state index is 12.0. The van der Waals surface area contributed by atoms with Gasteiger partial charge in [-0.05, 0) is 36.6 Å². The van der Waals surface area contributed by atoms with Gasteiger partial charge in [-0.2, -0.15) is 0 Å². The standard InChI is InChI=1S/C14H22N2O2/c1-14(2,7-8-15)10-16-13(17)11-5-4-6-12(9-11)18-3/h4-6,9H,7-8,10,15H2,1-3H3,(H,16,17). The molecule has 0 atom stereocenters. The molecule has 0 saturated heterocycles. The zero-order valence-electron chi connectivity index (χ0n) is 11.3. The van der Waals surface area contributed by atoms with Gasteiger partial charge < -0.3 is 15.8 Å². The number of carbonyl (C=O) groups is 1. The second-order valence-electron chi connectivity index (χ2n) is 5.12. The number of ether oxygens (including phenoxy) is 1. The number of carbonyl (C=O) groups excluding carboxylic acids is 1. The van der Waals surface area contributed by atoms with E-state index in [-0.39, 0.29) is 11.3 Å². The maximum Gasteiger partial charge on any atom is 0.251 e. The molecule has 0 aliphatic rings. The smallest absolute Gasteiger partial charge is 0.251 e. The Labute approximate surface area is 109 Å². The third-order valence-electron chi connectivity index (χ3n) is 2.88. The molecule has 0 unspecified atom stereocenters. The number of nitrogens with two attached hydrogens (primary N) is 1. The number of amides is 1. The van der Waals surface area contributed by atoms with Gasteiger partial charge in [0.2, 0.25) is 0 Å². The third-order valence-corrected chi connectivity index (χ3v) is 2.88. The van der Waals surface area contributed by atoms with Crippen LogP contribution in [0.15, 0.2) is 24.3 Å². The Morgan fingerprint density at radius 1 is 1.44 bits per heavy atom. The molecule has 0 bridgehead atoms. The summed E-state index contributed by atoms with van der Waals surface area (Å²) < 4.78 is 5.09. The summed E-state index contributed by atoms with van der Waals surface area (Å²) in [7, 11) is 1.58. The van der Waals surface area contributed by atoms with Crippen LogP contribution < -0.4 is 15.8 Å². The summed E-state index contributed by atoms with van der Waals surface area (Å²) in [6.07, 6.45) is 0.880. The normalized spacial score (nSPS) is 11.1. The van der Waals surface area contributed by atoms with Gasteiger partial charge in [0.25, 0.3) is 5.91 Å². The number of hydrogen-bond donors (Lipinski definition) is 2. The summed E-state index contributed by atoms with van der Waals surface area (Å²) in [5.74, 6) is 0.600. The van der Waals surface area contributed by atoms with E-state index in [4.69, 9.17) is 10.5 Å². The van der Waals surface area contributed by atoms with E-state index in [9.17, 15) is 4.79 Å². The van der Waals surface area contributed by atoms with Crippen molar-refractivity contribution in [2.24, 2.45) is 11.1 Å². The molecular weight excluding hydrogens is 228 g/mol. The topological polar surface area (TPSA) is 64.3 Å². The molecule has 0 aliphatic heterocycles. The summed E-state index contributed by atoms with van der Waals surface area (Å²) in [5.41, 5.74) is 6.17. The van der Waals surface area contributed by atoms with Gasteiger partial charge in [0, 0.05) is 12.1 Å². The first-order valence-electron chi connectivity index (χ1n) is 6.11. The highest BCUT2D eigenvalue weighted by Gasteiger charge is 2.18. The zero-order chi connectivity index (χ0) is 13.6. The fraction of sp³-hybridized carbons (Fsp3) is 0.500. The Morgan fingerprint density at radius 2 is 2.17 bits per heavy atom. The SMILES string of the molecule is COc1cccc(C(=O)NCC(C)(C)CCN)c1.